The summed E-state index contributed by atoms with van der Waals surface area (Å²) in [6.45, 7) is 14.9. The highest BCUT2D eigenvalue weighted by molar-refractivity contribution is 7.24. The first-order chi connectivity index (χ1) is 48.4. The predicted molar refractivity (Wildman–Crippen MR) is 418 cm³/mol. The molecule has 0 unspecified atom stereocenters. The van der Waals surface area contributed by atoms with Crippen LogP contribution in [-0.2, 0) is 0 Å². The van der Waals surface area contributed by atoms with Crippen LogP contribution in [0.25, 0.3) is 169 Å². The third-order valence-electron chi connectivity index (χ3n) is 19.2. The van der Waals surface area contributed by atoms with E-state index in [9.17, 15) is 0 Å². The summed E-state index contributed by atoms with van der Waals surface area (Å²) in [5.41, 5.74) is 36.1. The topological polar surface area (TPSA) is 98.9 Å². The van der Waals surface area contributed by atoms with Crippen LogP contribution in [0, 0.1) is 60.3 Å². The van der Waals surface area contributed by atoms with E-state index in [1.807, 2.05) is 0 Å². The zero-order valence-electron chi connectivity index (χ0n) is 56.0. The maximum absolute atomic E-state index is 5.74. The third kappa shape index (κ3) is 11.4. The minimum atomic E-state index is 0.757. The van der Waals surface area contributed by atoms with E-state index >= 15 is 0 Å². The molecule has 16 bridgehead atoms. The molecule has 10 heterocycles. The molecule has 7 nitrogen and oxygen atoms in total. The number of fused-ring (bicyclic) bond motifs is 16. The molecule has 0 aliphatic carbocycles. The van der Waals surface area contributed by atoms with E-state index in [-0.39, 0.29) is 0 Å². The number of rotatable bonds is 7. The molecule has 0 atom stereocenters. The molecule has 0 radical (unpaired) electrons. The molecule has 8 heteroatoms. The Morgan fingerprint density at radius 2 is 0.505 bits per heavy atom. The summed E-state index contributed by atoms with van der Waals surface area (Å²) in [6.07, 6.45) is 17.3. The zero-order chi connectivity index (χ0) is 67.0. The fraction of sp³-hybridized carbons (Fsp3) is 0.0769. The van der Waals surface area contributed by atoms with Gasteiger partial charge in [0.2, 0.25) is 0 Å². The lowest BCUT2D eigenvalue weighted by atomic mass is 10.0. The zero-order valence-corrected chi connectivity index (χ0v) is 56.8. The molecule has 0 amide bonds. The average molecular weight is 1290 g/mol. The Hall–Kier alpha value is -12.3. The van der Waals surface area contributed by atoms with Crippen molar-refractivity contribution in [3.05, 3.63) is 308 Å². The van der Waals surface area contributed by atoms with Crippen molar-refractivity contribution in [3.63, 3.8) is 0 Å². The Morgan fingerprint density at radius 1 is 0.242 bits per heavy atom. The fourth-order valence-electron chi connectivity index (χ4n) is 13.9. The van der Waals surface area contributed by atoms with Crippen molar-refractivity contribution in [1.29, 1.82) is 0 Å². The highest BCUT2D eigenvalue weighted by atomic mass is 32.1. The molecule has 4 aliphatic rings. The van der Waals surface area contributed by atoms with Gasteiger partial charge in [-0.05, 0) is 178 Å². The highest BCUT2D eigenvalue weighted by Gasteiger charge is 2.23. The van der Waals surface area contributed by atoms with Crippen molar-refractivity contribution in [3.8, 4) is 89.7 Å². The van der Waals surface area contributed by atoms with Gasteiger partial charge in [-0.15, -0.1) is 11.3 Å². The first-order valence-corrected chi connectivity index (χ1v) is 34.5. The molecular formula is C91H67N7S. The van der Waals surface area contributed by atoms with Gasteiger partial charge in [0.1, 0.15) is 0 Å². The number of aromatic amines is 3. The van der Waals surface area contributed by atoms with Crippen LogP contribution in [-0.4, -0.2) is 34.9 Å². The molecule has 6 aromatic heterocycles. The number of thiophene rings is 1. The molecule has 4 aliphatic heterocycles. The maximum Gasteiger partial charge on any atom is 0.0808 e. The van der Waals surface area contributed by atoms with Crippen LogP contribution < -0.4 is 0 Å². The summed E-state index contributed by atoms with van der Waals surface area (Å²) < 4.78 is 2.03. The Bertz CT molecular complexity index is 5990. The first kappa shape index (κ1) is 60.4. The normalized spacial score (nSPS) is 12.2. The summed E-state index contributed by atoms with van der Waals surface area (Å²) in [5.74, 6) is 7.84. The van der Waals surface area contributed by atoms with Crippen molar-refractivity contribution in [2.24, 2.45) is 0 Å². The van der Waals surface area contributed by atoms with Crippen LogP contribution in [0.3, 0.4) is 0 Å². The quantitative estimate of drug-likeness (QED) is 0.138. The number of nitrogens with zero attached hydrogens (tertiary/aromatic N) is 4. The molecule has 0 saturated carbocycles. The SMILES string of the molecule is Cc1ccc(-c2c3nc(c(-c4ccc(C)cc4)c4cc(C#Cc5c6nc(c(-c7ccc(C)cc7)c7ccc([nH]7)c(-c7ccc(C)cc7)c7nc(c(-c8ccc(C)cc8)c8ccc5s8)C=C7)C=C6)c([nH]4)c(-c4ccc(C)cc4)c4nc(c(-c5ccc(C)cc5)c5ccc2[nH]5)C=C4)C=C3)cc1. The molecule has 0 saturated heterocycles. The van der Waals surface area contributed by atoms with E-state index < -0.39 is 0 Å². The van der Waals surface area contributed by atoms with E-state index in [1.165, 1.54) is 27.8 Å². The fourth-order valence-corrected chi connectivity index (χ4v) is 15.0. The van der Waals surface area contributed by atoms with Crippen molar-refractivity contribution >= 4 is 102 Å². The van der Waals surface area contributed by atoms with Gasteiger partial charge >= 0.3 is 0 Å². The Labute approximate surface area is 579 Å². The molecule has 472 valence electrons. The second kappa shape index (κ2) is 24.7. The lowest BCUT2D eigenvalue weighted by Crippen LogP contribution is -1.90. The number of aromatic nitrogens is 7. The van der Waals surface area contributed by atoms with Crippen molar-refractivity contribution in [2.45, 2.75) is 48.5 Å². The van der Waals surface area contributed by atoms with Crippen molar-refractivity contribution in [2.75, 3.05) is 0 Å². The van der Waals surface area contributed by atoms with Crippen LogP contribution in [0.5, 0.6) is 0 Å². The maximum atomic E-state index is 5.74. The van der Waals surface area contributed by atoms with E-state index in [0.717, 1.165) is 188 Å². The Kier molecular flexibility index (Phi) is 15.1. The smallest absolute Gasteiger partial charge is 0.0808 e. The first-order valence-electron chi connectivity index (χ1n) is 33.6. The van der Waals surface area contributed by atoms with Gasteiger partial charge in [-0.1, -0.05) is 221 Å². The van der Waals surface area contributed by atoms with Gasteiger partial charge < -0.3 is 15.0 Å². The van der Waals surface area contributed by atoms with E-state index in [4.69, 9.17) is 19.9 Å². The Balaban J connectivity index is 1.01. The molecule has 17 rings (SSSR count). The molecule has 13 aromatic rings. The van der Waals surface area contributed by atoms with Gasteiger partial charge in [0.15, 0.2) is 0 Å². The minimum Gasteiger partial charge on any atom is -0.354 e. The number of aryl methyl sites for hydroxylation is 7. The summed E-state index contributed by atoms with van der Waals surface area (Å²) in [4.78, 5) is 34.7. The minimum absolute atomic E-state index is 0.757. The monoisotopic (exact) mass is 1290 g/mol. The molecule has 0 spiro atoms. The molecule has 3 N–H and O–H groups in total. The number of hydrogen-bond acceptors (Lipinski definition) is 5. The van der Waals surface area contributed by atoms with Crippen molar-refractivity contribution < 1.29 is 0 Å². The summed E-state index contributed by atoms with van der Waals surface area (Å²) in [6, 6.07) is 76.8. The third-order valence-corrected chi connectivity index (χ3v) is 20.3. The predicted octanol–water partition coefficient (Wildman–Crippen LogP) is 23.6. The average Bonchev–Trinajstić information content (AvgIpc) is 1.59. The summed E-state index contributed by atoms with van der Waals surface area (Å²) >= 11 is 1.71. The van der Waals surface area contributed by atoms with Gasteiger partial charge in [-0.2, -0.15) is 0 Å². The van der Waals surface area contributed by atoms with Gasteiger partial charge in [-0.25, -0.2) is 19.9 Å². The highest BCUT2D eigenvalue weighted by Crippen LogP contribution is 2.43. The summed E-state index contributed by atoms with van der Waals surface area (Å²) in [7, 11) is 0. The number of benzene rings is 7. The molecule has 7 aromatic carbocycles. The molecular weight excluding hydrogens is 1220 g/mol. The second-order valence-electron chi connectivity index (χ2n) is 26.4. The van der Waals surface area contributed by atoms with Crippen LogP contribution in [0.15, 0.2) is 212 Å². The second-order valence-corrected chi connectivity index (χ2v) is 27.5. The van der Waals surface area contributed by atoms with Crippen molar-refractivity contribution in [1.82, 2.24) is 34.9 Å². The van der Waals surface area contributed by atoms with Gasteiger partial charge in [0.25, 0.3) is 0 Å². The molecule has 99 heavy (non-hydrogen) atoms. The van der Waals surface area contributed by atoms with E-state index in [2.05, 4.69) is 336 Å². The lowest BCUT2D eigenvalue weighted by Gasteiger charge is -2.08. The number of H-pyrrole nitrogens is 3. The van der Waals surface area contributed by atoms with Gasteiger partial charge in [0, 0.05) is 75.9 Å². The van der Waals surface area contributed by atoms with Crippen LogP contribution in [0.2, 0.25) is 0 Å². The Morgan fingerprint density at radius 3 is 0.848 bits per heavy atom. The summed E-state index contributed by atoms with van der Waals surface area (Å²) in [5, 5.41) is 0. The van der Waals surface area contributed by atoms with Crippen LogP contribution in [0.4, 0.5) is 0 Å². The number of hydrogen-bond donors (Lipinski definition) is 3. The van der Waals surface area contributed by atoms with Gasteiger partial charge in [0.05, 0.1) is 62.2 Å². The van der Waals surface area contributed by atoms with Crippen LogP contribution in [0.1, 0.15) is 95.6 Å². The van der Waals surface area contributed by atoms with E-state index in [1.54, 1.807) is 11.3 Å². The number of nitrogens with one attached hydrogen (secondary N) is 3. The van der Waals surface area contributed by atoms with Crippen LogP contribution >= 0.6 is 11.3 Å². The molecule has 0 fully saturated rings. The van der Waals surface area contributed by atoms with Gasteiger partial charge in [-0.3, -0.25) is 0 Å². The van der Waals surface area contributed by atoms with E-state index in [0.29, 0.717) is 0 Å². The largest absolute Gasteiger partial charge is 0.354 e. The standard InChI is InChI=1S/C91H67N7S/c1-53-8-22-60(23-9-53)84-70-39-38-69(92-70)68(82-50-51-83(99-82)89(65-32-18-58(6)19-33-65)79-48-46-76(96-79)86(73-41-40-71(84)93-73)62-26-12-55(3)13-27-62)37-36-67-52-81-88(64-30-16-57(5)17-31-64)78-45-44-75(95-78)85(61-24-10-54(2)11-25-61)72-42-43-74(94-72)87(63-28-14-56(4)15-29-63)77-47-49-80(97-77)90(91(67)98-81)66-34-20-59(7)21-35-66/h8-35,38-52,93-94,98H,1-7H3. The lowest BCUT2D eigenvalue weighted by molar-refractivity contribution is 1.31.